The Morgan fingerprint density at radius 1 is 1.44 bits per heavy atom. The van der Waals surface area contributed by atoms with Gasteiger partial charge in [-0.3, -0.25) is 4.68 Å². The molecule has 0 aliphatic heterocycles. The van der Waals surface area contributed by atoms with Gasteiger partial charge >= 0.3 is 0 Å². The highest BCUT2D eigenvalue weighted by Gasteiger charge is 2.58. The molecule has 16 heavy (non-hydrogen) atoms. The summed E-state index contributed by atoms with van der Waals surface area (Å²) in [5.74, 6) is 1.78. The summed E-state index contributed by atoms with van der Waals surface area (Å²) >= 11 is 2.26. The van der Waals surface area contributed by atoms with Crippen LogP contribution in [0, 0.1) is 15.5 Å². The minimum absolute atomic E-state index is 0.404. The van der Waals surface area contributed by atoms with Gasteiger partial charge in [0.05, 0.1) is 0 Å². The van der Waals surface area contributed by atoms with Crippen LogP contribution in [0.5, 0.6) is 0 Å². The molecule has 0 spiro atoms. The fourth-order valence-corrected chi connectivity index (χ4v) is 3.81. The molecule has 2 fully saturated rings. The van der Waals surface area contributed by atoms with Crippen molar-refractivity contribution in [3.05, 3.63) is 15.5 Å². The van der Waals surface area contributed by atoms with Gasteiger partial charge in [-0.15, -0.1) is 0 Å². The van der Waals surface area contributed by atoms with Crippen molar-refractivity contribution in [3.63, 3.8) is 0 Å². The van der Waals surface area contributed by atoms with Gasteiger partial charge in [0.25, 0.3) is 0 Å². The van der Waals surface area contributed by atoms with Crippen molar-refractivity contribution in [2.45, 2.75) is 44.8 Å². The molecule has 2 nitrogen and oxygen atoms in total. The van der Waals surface area contributed by atoms with Crippen LogP contribution in [-0.4, -0.2) is 16.0 Å². The maximum atomic E-state index is 13.1. The van der Waals surface area contributed by atoms with E-state index in [0.29, 0.717) is 23.8 Å². The van der Waals surface area contributed by atoms with Crippen LogP contribution in [0.25, 0.3) is 0 Å². The van der Waals surface area contributed by atoms with E-state index in [0.717, 1.165) is 16.5 Å². The summed E-state index contributed by atoms with van der Waals surface area (Å²) in [6.45, 7) is 4.31. The number of nitrogens with zero attached hydrogens (tertiary/aromatic N) is 2. The van der Waals surface area contributed by atoms with Crippen molar-refractivity contribution in [2.24, 2.45) is 11.8 Å². The van der Waals surface area contributed by atoms with Crippen molar-refractivity contribution >= 4 is 22.6 Å². The molecule has 1 aromatic rings. The van der Waals surface area contributed by atoms with Crippen molar-refractivity contribution in [1.82, 2.24) is 9.78 Å². The summed E-state index contributed by atoms with van der Waals surface area (Å²) in [5.41, 5.74) is 1.33. The summed E-state index contributed by atoms with van der Waals surface area (Å²) in [6, 6.07) is 2.58. The van der Waals surface area contributed by atoms with E-state index in [1.807, 2.05) is 0 Å². The van der Waals surface area contributed by atoms with Crippen LogP contribution in [0.2, 0.25) is 0 Å². The van der Waals surface area contributed by atoms with Crippen LogP contribution < -0.4 is 0 Å². The molecule has 0 radical (unpaired) electrons. The number of rotatable bonds is 2. The summed E-state index contributed by atoms with van der Waals surface area (Å²) in [5, 5.41) is 4.53. The lowest BCUT2D eigenvalue weighted by atomic mass is 10.1. The predicted octanol–water partition coefficient (Wildman–Crippen LogP) is 3.53. The molecule has 4 atom stereocenters. The van der Waals surface area contributed by atoms with Gasteiger partial charge in [-0.25, -0.2) is 4.39 Å². The van der Waals surface area contributed by atoms with Crippen LogP contribution in [-0.2, 0) is 0 Å². The van der Waals surface area contributed by atoms with Gasteiger partial charge in [0.1, 0.15) is 9.87 Å². The number of hydrogen-bond donors (Lipinski definition) is 0. The minimum Gasteiger partial charge on any atom is -0.266 e. The van der Waals surface area contributed by atoms with Gasteiger partial charge in [0.15, 0.2) is 0 Å². The van der Waals surface area contributed by atoms with Crippen molar-refractivity contribution in [2.75, 3.05) is 0 Å². The maximum Gasteiger partial charge on any atom is 0.123 e. The van der Waals surface area contributed by atoms with Crippen LogP contribution in [0.1, 0.15) is 44.3 Å². The zero-order chi connectivity index (χ0) is 11.4. The number of alkyl halides is 1. The molecule has 0 unspecified atom stereocenters. The monoisotopic (exact) mass is 334 g/mol. The first-order chi connectivity index (χ1) is 7.58. The molecule has 3 rings (SSSR count). The van der Waals surface area contributed by atoms with E-state index in [1.54, 1.807) is 0 Å². The maximum absolute atomic E-state index is 13.1. The molecule has 2 aliphatic rings. The Balaban J connectivity index is 1.86. The lowest BCUT2D eigenvalue weighted by Gasteiger charge is -2.12. The Labute approximate surface area is 109 Å². The second-order valence-electron chi connectivity index (χ2n) is 5.35. The molecular weight excluding hydrogens is 318 g/mol. The van der Waals surface area contributed by atoms with E-state index >= 15 is 0 Å². The van der Waals surface area contributed by atoms with Crippen LogP contribution in [0.15, 0.2) is 6.07 Å². The van der Waals surface area contributed by atoms with E-state index in [-0.39, 0.29) is 0 Å². The van der Waals surface area contributed by atoms with E-state index in [1.165, 1.54) is 5.69 Å². The van der Waals surface area contributed by atoms with Crippen LogP contribution >= 0.6 is 22.6 Å². The van der Waals surface area contributed by atoms with Gasteiger partial charge in [-0.05, 0) is 67.2 Å². The average Bonchev–Trinajstić information content (AvgIpc) is 2.60. The van der Waals surface area contributed by atoms with Gasteiger partial charge in [0.2, 0.25) is 0 Å². The summed E-state index contributed by atoms with van der Waals surface area (Å²) in [6.07, 6.45) is 1.01. The Bertz CT molecular complexity index is 403. The highest BCUT2D eigenvalue weighted by atomic mass is 127. The number of hydrogen-bond acceptors (Lipinski definition) is 1. The summed E-state index contributed by atoms with van der Waals surface area (Å²) < 4.78 is 16.3. The third kappa shape index (κ3) is 1.60. The molecule has 0 N–H and O–H groups in total. The molecule has 0 amide bonds. The molecule has 2 saturated carbocycles. The molecule has 2 aliphatic carbocycles. The molecule has 0 aromatic carbocycles. The highest BCUT2D eigenvalue weighted by molar-refractivity contribution is 14.1. The van der Waals surface area contributed by atoms with E-state index < -0.39 is 6.17 Å². The third-order valence-corrected chi connectivity index (χ3v) is 4.48. The van der Waals surface area contributed by atoms with Gasteiger partial charge in [-0.1, -0.05) is 0 Å². The first kappa shape index (κ1) is 11.0. The zero-order valence-corrected chi connectivity index (χ0v) is 11.7. The molecule has 4 heteroatoms. The first-order valence-corrected chi connectivity index (χ1v) is 7.05. The lowest BCUT2D eigenvalue weighted by Crippen LogP contribution is -2.09. The molecule has 88 valence electrons. The SMILES string of the molecule is CC(C)n1nc(I)cc1[C@H]1[C@@H]2C[C@@H](F)C[C@@H]21. The number of fused-ring (bicyclic) bond motifs is 1. The van der Waals surface area contributed by atoms with Gasteiger partial charge in [-0.2, -0.15) is 5.10 Å². The fourth-order valence-electron chi connectivity index (χ4n) is 3.25. The minimum atomic E-state index is -0.541. The molecular formula is C12H16FIN2. The second-order valence-corrected chi connectivity index (χ2v) is 6.46. The quantitative estimate of drug-likeness (QED) is 0.757. The lowest BCUT2D eigenvalue weighted by molar-refractivity contribution is 0.308. The normalized spacial score (nSPS) is 36.8. The summed E-state index contributed by atoms with van der Waals surface area (Å²) in [7, 11) is 0. The largest absolute Gasteiger partial charge is 0.266 e. The zero-order valence-electron chi connectivity index (χ0n) is 9.53. The third-order valence-electron chi connectivity index (χ3n) is 3.95. The van der Waals surface area contributed by atoms with Crippen LogP contribution in [0.3, 0.4) is 0 Å². The Kier molecular flexibility index (Phi) is 2.53. The van der Waals surface area contributed by atoms with Crippen LogP contribution in [0.4, 0.5) is 4.39 Å². The summed E-state index contributed by atoms with van der Waals surface area (Å²) in [4.78, 5) is 0. The Morgan fingerprint density at radius 3 is 2.62 bits per heavy atom. The molecule has 1 aromatic heterocycles. The topological polar surface area (TPSA) is 17.8 Å². The van der Waals surface area contributed by atoms with E-state index in [2.05, 4.69) is 52.3 Å². The number of aromatic nitrogens is 2. The Morgan fingerprint density at radius 2 is 2.06 bits per heavy atom. The fraction of sp³-hybridized carbons (Fsp3) is 0.750. The standard InChI is InChI=1S/C12H16FIN2/c1-6(2)16-10(5-11(14)15-16)12-8-3-7(13)4-9(8)12/h5-9,12H,3-4H2,1-2H3/t7-,8-,9+,12+. The van der Waals surface area contributed by atoms with Gasteiger partial charge < -0.3 is 0 Å². The van der Waals surface area contributed by atoms with Crippen molar-refractivity contribution in [1.29, 1.82) is 0 Å². The molecule has 1 heterocycles. The average molecular weight is 334 g/mol. The van der Waals surface area contributed by atoms with E-state index in [9.17, 15) is 4.39 Å². The van der Waals surface area contributed by atoms with Crippen molar-refractivity contribution < 1.29 is 4.39 Å². The second kappa shape index (κ2) is 3.68. The molecule has 0 bridgehead atoms. The molecule has 0 saturated heterocycles. The van der Waals surface area contributed by atoms with Gasteiger partial charge in [0, 0.05) is 17.7 Å². The first-order valence-electron chi connectivity index (χ1n) is 5.97. The predicted molar refractivity (Wildman–Crippen MR) is 69.2 cm³/mol. The Hall–Kier alpha value is -0.130. The highest BCUT2D eigenvalue weighted by Crippen LogP contribution is 2.63. The smallest absolute Gasteiger partial charge is 0.123 e. The number of halogens is 2. The van der Waals surface area contributed by atoms with E-state index in [4.69, 9.17) is 0 Å². The van der Waals surface area contributed by atoms with Crippen molar-refractivity contribution in [3.8, 4) is 0 Å².